The van der Waals surface area contributed by atoms with Crippen LogP contribution in [0.2, 0.25) is 0 Å². The van der Waals surface area contributed by atoms with Gasteiger partial charge in [-0.25, -0.2) is 4.98 Å². The Labute approximate surface area is 215 Å². The summed E-state index contributed by atoms with van der Waals surface area (Å²) in [7, 11) is 3.07. The Bertz CT molecular complexity index is 1740. The predicted octanol–water partition coefficient (Wildman–Crippen LogP) is 5.57. The fraction of sp³-hybridized carbons (Fsp3) is 0.179. The first-order valence-electron chi connectivity index (χ1n) is 11.7. The minimum absolute atomic E-state index is 0.00663. The van der Waals surface area contributed by atoms with Crippen LogP contribution in [0.25, 0.3) is 21.2 Å². The Morgan fingerprint density at radius 1 is 1.03 bits per heavy atom. The van der Waals surface area contributed by atoms with Gasteiger partial charge in [0.2, 0.25) is 5.76 Å². The van der Waals surface area contributed by atoms with Crippen LogP contribution >= 0.6 is 11.3 Å². The molecule has 5 aromatic rings. The minimum Gasteiger partial charge on any atom is -0.494 e. The largest absolute Gasteiger partial charge is 0.494 e. The van der Waals surface area contributed by atoms with E-state index in [9.17, 15) is 9.59 Å². The molecule has 1 aliphatic heterocycles. The molecule has 186 valence electrons. The highest BCUT2D eigenvalue weighted by Gasteiger charge is 2.46. The third kappa shape index (κ3) is 3.54. The molecule has 0 saturated carbocycles. The van der Waals surface area contributed by atoms with E-state index in [-0.39, 0.29) is 16.8 Å². The summed E-state index contributed by atoms with van der Waals surface area (Å²) < 4.78 is 23.8. The highest BCUT2D eigenvalue weighted by molar-refractivity contribution is 7.22. The smallest absolute Gasteiger partial charge is 0.297 e. The van der Waals surface area contributed by atoms with Crippen LogP contribution in [0.5, 0.6) is 17.2 Å². The molecule has 3 aromatic carbocycles. The number of aromatic nitrogens is 1. The van der Waals surface area contributed by atoms with Gasteiger partial charge in [0.15, 0.2) is 22.1 Å². The number of para-hydroxylation sites is 2. The molecule has 8 nitrogen and oxygen atoms in total. The van der Waals surface area contributed by atoms with Gasteiger partial charge in [0.25, 0.3) is 5.91 Å². The zero-order valence-electron chi connectivity index (χ0n) is 20.3. The van der Waals surface area contributed by atoms with Gasteiger partial charge in [-0.1, -0.05) is 35.6 Å². The third-order valence-electron chi connectivity index (χ3n) is 6.37. The van der Waals surface area contributed by atoms with E-state index in [4.69, 9.17) is 23.6 Å². The van der Waals surface area contributed by atoms with Crippen molar-refractivity contribution in [2.45, 2.75) is 13.0 Å². The van der Waals surface area contributed by atoms with Gasteiger partial charge in [-0.3, -0.25) is 14.5 Å². The predicted molar refractivity (Wildman–Crippen MR) is 141 cm³/mol. The molecule has 0 spiro atoms. The summed E-state index contributed by atoms with van der Waals surface area (Å²) >= 11 is 1.34. The standard InChI is InChI=1S/C28H22N2O6S/c1-4-35-15-12-13-18-21(14-15)37-28(29-18)30-23(17-9-7-11-20(33-2)25(17)34-3)22-24(31)16-8-5-6-10-19(16)36-26(22)27(30)32/h5-14,23H,4H2,1-3H3/t23-/m1/s1. The van der Waals surface area contributed by atoms with E-state index in [0.717, 1.165) is 10.4 Å². The fourth-order valence-electron chi connectivity index (χ4n) is 4.79. The Morgan fingerprint density at radius 2 is 1.86 bits per heavy atom. The van der Waals surface area contributed by atoms with Crippen molar-refractivity contribution in [3.8, 4) is 17.2 Å². The van der Waals surface area contributed by atoms with Gasteiger partial charge in [-0.15, -0.1) is 0 Å². The molecule has 0 saturated heterocycles. The maximum absolute atomic E-state index is 13.9. The van der Waals surface area contributed by atoms with Crippen molar-refractivity contribution in [2.24, 2.45) is 0 Å². The SMILES string of the molecule is CCOc1ccc2nc(N3C(=O)c4oc5ccccc5c(=O)c4[C@H]3c3cccc(OC)c3OC)sc2c1. The van der Waals surface area contributed by atoms with Gasteiger partial charge in [-0.2, -0.15) is 0 Å². The topological polar surface area (TPSA) is 91.1 Å². The van der Waals surface area contributed by atoms with Crippen molar-refractivity contribution in [1.29, 1.82) is 0 Å². The maximum atomic E-state index is 13.9. The molecule has 2 aromatic heterocycles. The van der Waals surface area contributed by atoms with Crippen molar-refractivity contribution < 1.29 is 23.4 Å². The number of anilines is 1. The molecule has 3 heterocycles. The summed E-state index contributed by atoms with van der Waals surface area (Å²) in [5.74, 6) is 1.17. The van der Waals surface area contributed by atoms with E-state index in [2.05, 4.69) is 0 Å². The zero-order valence-corrected chi connectivity index (χ0v) is 21.1. The van der Waals surface area contributed by atoms with Crippen LogP contribution in [0.15, 0.2) is 69.9 Å². The Balaban J connectivity index is 1.63. The van der Waals surface area contributed by atoms with Crippen molar-refractivity contribution in [3.05, 3.63) is 87.8 Å². The first kappa shape index (κ1) is 23.1. The number of ether oxygens (including phenoxy) is 3. The first-order valence-corrected chi connectivity index (χ1v) is 12.5. The lowest BCUT2D eigenvalue weighted by molar-refractivity contribution is 0.0970. The van der Waals surface area contributed by atoms with Gasteiger partial charge in [0, 0.05) is 5.56 Å². The molecule has 1 amide bonds. The summed E-state index contributed by atoms with van der Waals surface area (Å²) in [6.07, 6.45) is 0. The quantitative estimate of drug-likeness (QED) is 0.293. The molecule has 0 N–H and O–H groups in total. The molecule has 9 heteroatoms. The number of carbonyl (C=O) groups is 1. The average Bonchev–Trinajstić information content (AvgIpc) is 3.46. The molecule has 0 unspecified atom stereocenters. The lowest BCUT2D eigenvalue weighted by Gasteiger charge is -2.24. The molecule has 37 heavy (non-hydrogen) atoms. The number of thiazole rings is 1. The monoisotopic (exact) mass is 514 g/mol. The van der Waals surface area contributed by atoms with Crippen molar-refractivity contribution in [2.75, 3.05) is 25.7 Å². The van der Waals surface area contributed by atoms with E-state index in [1.807, 2.05) is 31.2 Å². The molecule has 0 fully saturated rings. The van der Waals surface area contributed by atoms with Crippen LogP contribution < -0.4 is 24.5 Å². The first-order chi connectivity index (χ1) is 18.0. The Morgan fingerprint density at radius 3 is 2.65 bits per heavy atom. The molecular formula is C28H22N2O6S. The van der Waals surface area contributed by atoms with Crippen LogP contribution in [0.3, 0.4) is 0 Å². The number of rotatable bonds is 6. The lowest BCUT2D eigenvalue weighted by atomic mass is 9.97. The molecule has 1 aliphatic rings. The molecule has 0 bridgehead atoms. The molecule has 6 rings (SSSR count). The Kier molecular flexibility index (Phi) is 5.57. The van der Waals surface area contributed by atoms with Crippen LogP contribution in [-0.4, -0.2) is 31.7 Å². The molecule has 0 aliphatic carbocycles. The van der Waals surface area contributed by atoms with E-state index < -0.39 is 11.9 Å². The van der Waals surface area contributed by atoms with Gasteiger partial charge in [0.05, 0.1) is 42.0 Å². The summed E-state index contributed by atoms with van der Waals surface area (Å²) in [5.41, 5.74) is 1.62. The van der Waals surface area contributed by atoms with E-state index in [0.29, 0.717) is 45.3 Å². The number of methoxy groups -OCH3 is 2. The molecule has 1 atom stereocenters. The van der Waals surface area contributed by atoms with Crippen molar-refractivity contribution in [1.82, 2.24) is 4.98 Å². The Hall–Kier alpha value is -4.37. The number of amides is 1. The van der Waals surface area contributed by atoms with Crippen LogP contribution in [0, 0.1) is 0 Å². The van der Waals surface area contributed by atoms with Crippen LogP contribution in [0.1, 0.15) is 34.6 Å². The van der Waals surface area contributed by atoms with Crippen molar-refractivity contribution in [3.63, 3.8) is 0 Å². The van der Waals surface area contributed by atoms with Gasteiger partial charge < -0.3 is 18.6 Å². The molecular weight excluding hydrogens is 492 g/mol. The summed E-state index contributed by atoms with van der Waals surface area (Å²) in [5, 5.41) is 0.826. The third-order valence-corrected chi connectivity index (χ3v) is 7.39. The number of benzene rings is 3. The summed E-state index contributed by atoms with van der Waals surface area (Å²) in [6, 6.07) is 17.0. The highest BCUT2D eigenvalue weighted by Crippen LogP contribution is 2.47. The number of nitrogens with zero attached hydrogens (tertiary/aromatic N) is 2. The highest BCUT2D eigenvalue weighted by atomic mass is 32.1. The van der Waals surface area contributed by atoms with Gasteiger partial charge in [0.1, 0.15) is 17.4 Å². The number of hydrogen-bond acceptors (Lipinski definition) is 8. The number of carbonyl (C=O) groups excluding carboxylic acids is 1. The number of fused-ring (bicyclic) bond motifs is 3. The van der Waals surface area contributed by atoms with Crippen LogP contribution in [0.4, 0.5) is 5.13 Å². The maximum Gasteiger partial charge on any atom is 0.297 e. The number of hydrogen-bond donors (Lipinski definition) is 0. The zero-order chi connectivity index (χ0) is 25.7. The fourth-order valence-corrected chi connectivity index (χ4v) is 5.81. The average molecular weight is 515 g/mol. The van der Waals surface area contributed by atoms with E-state index in [1.165, 1.54) is 23.3 Å². The second-order valence-electron chi connectivity index (χ2n) is 8.39. The van der Waals surface area contributed by atoms with Crippen LogP contribution in [-0.2, 0) is 0 Å². The minimum atomic E-state index is -0.833. The molecule has 0 radical (unpaired) electrons. The van der Waals surface area contributed by atoms with Gasteiger partial charge in [-0.05, 0) is 43.3 Å². The normalized spacial score (nSPS) is 14.8. The van der Waals surface area contributed by atoms with Crippen molar-refractivity contribution >= 4 is 43.6 Å². The second kappa shape index (κ2) is 8.94. The summed E-state index contributed by atoms with van der Waals surface area (Å²) in [6.45, 7) is 2.46. The van der Waals surface area contributed by atoms with E-state index >= 15 is 0 Å². The van der Waals surface area contributed by atoms with E-state index in [1.54, 1.807) is 43.5 Å². The lowest BCUT2D eigenvalue weighted by Crippen LogP contribution is -2.29. The van der Waals surface area contributed by atoms with Gasteiger partial charge >= 0.3 is 0 Å². The second-order valence-corrected chi connectivity index (χ2v) is 9.40. The summed E-state index contributed by atoms with van der Waals surface area (Å²) in [4.78, 5) is 34.0.